The summed E-state index contributed by atoms with van der Waals surface area (Å²) in [4.78, 5) is 53.8. The van der Waals surface area contributed by atoms with Crippen molar-refractivity contribution in [3.05, 3.63) is 63.6 Å². The van der Waals surface area contributed by atoms with Gasteiger partial charge >= 0.3 is 0 Å². The van der Waals surface area contributed by atoms with Crippen LogP contribution in [0.5, 0.6) is 5.75 Å². The van der Waals surface area contributed by atoms with E-state index in [9.17, 15) is 19.2 Å². The lowest BCUT2D eigenvalue weighted by Crippen LogP contribution is -2.46. The summed E-state index contributed by atoms with van der Waals surface area (Å²) in [6.07, 6.45) is -0.153. The standard InChI is InChI=1S/C21H17N3O6/c1-29-12-3-2-11-9-24(19(27)13(11)6-12)10-21(8-18(26)23-20(21)28)16-7-14-15(30-16)4-5-17(25)22-14/h2-7H,8-10H2,1H3,(H,22,25)(H,23,26,28)/t21-/m1/s1. The SMILES string of the molecule is COc1ccc2c(c1)C(=O)N(C[C@@]1(c3cc4[nH]c(=O)ccc4o3)CC(=O)NC1=O)C2. The number of carbonyl (C=O) groups is 3. The highest BCUT2D eigenvalue weighted by molar-refractivity contribution is 6.09. The molecule has 1 fully saturated rings. The third-order valence-electron chi connectivity index (χ3n) is 5.68. The number of nitrogens with one attached hydrogen (secondary N) is 2. The zero-order valence-electron chi connectivity index (χ0n) is 16.0. The van der Waals surface area contributed by atoms with Gasteiger partial charge in [-0.3, -0.25) is 24.5 Å². The molecule has 0 bridgehead atoms. The maximum Gasteiger partial charge on any atom is 0.254 e. The number of imide groups is 1. The molecule has 2 N–H and O–H groups in total. The second kappa shape index (κ2) is 6.31. The van der Waals surface area contributed by atoms with Crippen LogP contribution in [0.2, 0.25) is 0 Å². The van der Waals surface area contributed by atoms with E-state index in [-0.39, 0.29) is 30.2 Å². The summed E-state index contributed by atoms with van der Waals surface area (Å²) in [5.41, 5.74) is 0.434. The molecule has 152 valence electrons. The predicted octanol–water partition coefficient (Wildman–Crippen LogP) is 1.07. The molecular weight excluding hydrogens is 390 g/mol. The van der Waals surface area contributed by atoms with Crippen LogP contribution in [0.25, 0.3) is 11.1 Å². The molecule has 0 spiro atoms. The van der Waals surface area contributed by atoms with Crippen LogP contribution in [-0.2, 0) is 21.5 Å². The zero-order valence-corrected chi connectivity index (χ0v) is 16.0. The Balaban J connectivity index is 1.56. The highest BCUT2D eigenvalue weighted by atomic mass is 16.5. The molecule has 0 aliphatic carbocycles. The fourth-order valence-corrected chi connectivity index (χ4v) is 4.16. The number of aromatic nitrogens is 1. The van der Waals surface area contributed by atoms with Gasteiger partial charge in [0.25, 0.3) is 5.91 Å². The van der Waals surface area contributed by atoms with Gasteiger partial charge in [0.1, 0.15) is 16.9 Å². The first-order valence-corrected chi connectivity index (χ1v) is 9.33. The van der Waals surface area contributed by atoms with E-state index >= 15 is 0 Å². The van der Waals surface area contributed by atoms with Crippen LogP contribution < -0.4 is 15.6 Å². The number of fused-ring (bicyclic) bond motifs is 2. The molecule has 3 amide bonds. The molecule has 1 saturated heterocycles. The lowest BCUT2D eigenvalue weighted by atomic mass is 9.82. The monoisotopic (exact) mass is 407 g/mol. The Hall–Kier alpha value is -3.88. The highest BCUT2D eigenvalue weighted by Crippen LogP contribution is 2.38. The van der Waals surface area contributed by atoms with Gasteiger partial charge in [-0.25, -0.2) is 0 Å². The Morgan fingerprint density at radius 1 is 1.13 bits per heavy atom. The Morgan fingerprint density at radius 2 is 1.97 bits per heavy atom. The van der Waals surface area contributed by atoms with Crippen LogP contribution in [0.15, 0.2) is 45.6 Å². The average Bonchev–Trinajstić information content (AvgIpc) is 3.36. The Kier molecular flexibility index (Phi) is 3.82. The molecule has 0 unspecified atom stereocenters. The average molecular weight is 407 g/mol. The fraction of sp³-hybridized carbons (Fsp3) is 0.238. The van der Waals surface area contributed by atoms with E-state index in [1.54, 1.807) is 18.2 Å². The zero-order chi connectivity index (χ0) is 21.0. The van der Waals surface area contributed by atoms with Gasteiger partial charge in [0.05, 0.1) is 19.0 Å². The van der Waals surface area contributed by atoms with Crippen molar-refractivity contribution in [3.63, 3.8) is 0 Å². The van der Waals surface area contributed by atoms with Crippen molar-refractivity contribution in [2.24, 2.45) is 0 Å². The molecule has 0 saturated carbocycles. The van der Waals surface area contributed by atoms with Crippen LogP contribution in [0.4, 0.5) is 0 Å². The van der Waals surface area contributed by atoms with E-state index in [2.05, 4.69) is 10.3 Å². The van der Waals surface area contributed by atoms with E-state index in [4.69, 9.17) is 9.15 Å². The number of nitrogens with zero attached hydrogens (tertiary/aromatic N) is 1. The van der Waals surface area contributed by atoms with Crippen LogP contribution >= 0.6 is 0 Å². The van der Waals surface area contributed by atoms with Crippen molar-refractivity contribution in [1.82, 2.24) is 15.2 Å². The van der Waals surface area contributed by atoms with Gasteiger partial charge in [0.2, 0.25) is 17.4 Å². The number of H-pyrrole nitrogens is 1. The summed E-state index contributed by atoms with van der Waals surface area (Å²) in [6.45, 7) is 0.267. The molecule has 1 aromatic carbocycles. The van der Waals surface area contributed by atoms with Gasteiger partial charge in [-0.15, -0.1) is 0 Å². The van der Waals surface area contributed by atoms with Crippen molar-refractivity contribution in [3.8, 4) is 5.75 Å². The summed E-state index contributed by atoms with van der Waals surface area (Å²) in [7, 11) is 1.52. The quantitative estimate of drug-likeness (QED) is 0.624. The number of pyridine rings is 1. The fourth-order valence-electron chi connectivity index (χ4n) is 4.16. The highest BCUT2D eigenvalue weighted by Gasteiger charge is 2.53. The molecule has 9 nitrogen and oxygen atoms in total. The number of benzene rings is 1. The van der Waals surface area contributed by atoms with Gasteiger partial charge < -0.3 is 19.0 Å². The molecular formula is C21H17N3O6. The van der Waals surface area contributed by atoms with E-state index in [0.717, 1.165) is 5.56 Å². The van der Waals surface area contributed by atoms with E-state index < -0.39 is 17.2 Å². The van der Waals surface area contributed by atoms with Crippen molar-refractivity contribution < 1.29 is 23.5 Å². The molecule has 2 aromatic heterocycles. The third-order valence-corrected chi connectivity index (χ3v) is 5.68. The summed E-state index contributed by atoms with van der Waals surface area (Å²) in [5, 5.41) is 2.32. The molecule has 30 heavy (non-hydrogen) atoms. The lowest BCUT2D eigenvalue weighted by Gasteiger charge is -2.28. The predicted molar refractivity (Wildman–Crippen MR) is 104 cm³/mol. The molecule has 4 heterocycles. The number of amides is 3. The first-order valence-electron chi connectivity index (χ1n) is 9.33. The second-order valence-electron chi connectivity index (χ2n) is 7.53. The second-order valence-corrected chi connectivity index (χ2v) is 7.53. The topological polar surface area (TPSA) is 122 Å². The van der Waals surface area contributed by atoms with Gasteiger partial charge in [-0.05, 0) is 23.8 Å². The van der Waals surface area contributed by atoms with Gasteiger partial charge in [-0.2, -0.15) is 0 Å². The minimum absolute atomic E-state index is 0.0372. The van der Waals surface area contributed by atoms with Crippen molar-refractivity contribution in [2.75, 3.05) is 13.7 Å². The summed E-state index contributed by atoms with van der Waals surface area (Å²) in [6, 6.07) is 9.61. The van der Waals surface area contributed by atoms with Crippen molar-refractivity contribution >= 4 is 28.8 Å². The van der Waals surface area contributed by atoms with E-state index in [0.29, 0.717) is 29.0 Å². The van der Waals surface area contributed by atoms with Crippen LogP contribution in [0.1, 0.15) is 28.1 Å². The molecule has 1 atom stereocenters. The molecule has 5 rings (SSSR count). The number of furan rings is 1. The summed E-state index contributed by atoms with van der Waals surface area (Å²) >= 11 is 0. The molecule has 2 aliphatic rings. The number of hydrogen-bond donors (Lipinski definition) is 2. The molecule has 9 heteroatoms. The van der Waals surface area contributed by atoms with Crippen molar-refractivity contribution in [1.29, 1.82) is 0 Å². The number of ether oxygens (including phenoxy) is 1. The Bertz CT molecular complexity index is 1290. The third kappa shape index (κ3) is 2.62. The lowest BCUT2D eigenvalue weighted by molar-refractivity contribution is -0.126. The minimum Gasteiger partial charge on any atom is -0.497 e. The first kappa shape index (κ1) is 18.2. The van der Waals surface area contributed by atoms with Crippen molar-refractivity contribution in [2.45, 2.75) is 18.4 Å². The Morgan fingerprint density at radius 3 is 2.70 bits per heavy atom. The minimum atomic E-state index is -1.38. The molecule has 2 aliphatic heterocycles. The van der Waals surface area contributed by atoms with E-state index in [1.807, 2.05) is 6.07 Å². The Labute approximate surface area is 169 Å². The first-order chi connectivity index (χ1) is 14.4. The van der Waals surface area contributed by atoms with Crippen LogP contribution in [0, 0.1) is 0 Å². The smallest absolute Gasteiger partial charge is 0.254 e. The molecule has 0 radical (unpaired) electrons. The maximum absolute atomic E-state index is 13.0. The number of carbonyl (C=O) groups excluding carboxylic acids is 3. The van der Waals surface area contributed by atoms with E-state index in [1.165, 1.54) is 24.1 Å². The molecule has 3 aromatic rings. The van der Waals surface area contributed by atoms with Crippen LogP contribution in [0.3, 0.4) is 0 Å². The number of methoxy groups -OCH3 is 1. The number of aromatic amines is 1. The van der Waals surface area contributed by atoms with Gasteiger partial charge in [0.15, 0.2) is 5.58 Å². The number of hydrogen-bond acceptors (Lipinski definition) is 6. The largest absolute Gasteiger partial charge is 0.497 e. The van der Waals surface area contributed by atoms with Gasteiger partial charge in [-0.1, -0.05) is 6.07 Å². The maximum atomic E-state index is 13.0. The number of rotatable bonds is 4. The summed E-state index contributed by atoms with van der Waals surface area (Å²) < 4.78 is 11.0. The normalized spacial score (nSPS) is 20.7. The summed E-state index contributed by atoms with van der Waals surface area (Å²) in [5.74, 6) is -0.437. The van der Waals surface area contributed by atoms with Gasteiger partial charge in [0, 0.05) is 30.8 Å². The van der Waals surface area contributed by atoms with Crippen LogP contribution in [-0.4, -0.2) is 41.3 Å².